The predicted octanol–water partition coefficient (Wildman–Crippen LogP) is 0.687. The van der Waals surface area contributed by atoms with Gasteiger partial charge in [0.05, 0.1) is 18.8 Å². The van der Waals surface area contributed by atoms with E-state index in [0.717, 1.165) is 19.5 Å². The van der Waals surface area contributed by atoms with Gasteiger partial charge in [-0.2, -0.15) is 0 Å². The zero-order valence-corrected chi connectivity index (χ0v) is 16.1. The second-order valence-electron chi connectivity index (χ2n) is 7.75. The maximum atomic E-state index is 12.4. The van der Waals surface area contributed by atoms with E-state index in [2.05, 4.69) is 4.90 Å². The minimum atomic E-state index is -1.97. The molecule has 3 rings (SSSR count). The Morgan fingerprint density at radius 2 is 1.96 bits per heavy atom. The quantitative estimate of drug-likeness (QED) is 0.605. The molecule has 2 fully saturated rings. The van der Waals surface area contributed by atoms with Crippen LogP contribution in [0.25, 0.3) is 0 Å². The number of carbonyl (C=O) groups excluding carboxylic acids is 2. The first-order valence-corrected chi connectivity index (χ1v) is 9.52. The number of para-hydroxylation sites is 1. The average molecular weight is 393 g/mol. The molecule has 1 unspecified atom stereocenters. The Bertz CT molecular complexity index is 733. The highest BCUT2D eigenvalue weighted by molar-refractivity contribution is 5.92. The van der Waals surface area contributed by atoms with Gasteiger partial charge in [0.25, 0.3) is 0 Å². The Balaban J connectivity index is 1.62. The molecule has 8 heteroatoms. The van der Waals surface area contributed by atoms with Gasteiger partial charge in [0.15, 0.2) is 5.60 Å². The molecule has 5 atom stereocenters. The van der Waals surface area contributed by atoms with Crippen molar-refractivity contribution in [2.24, 2.45) is 5.92 Å². The molecular formula is C20H27NO7. The smallest absolute Gasteiger partial charge is 0.342 e. The van der Waals surface area contributed by atoms with Crippen LogP contribution >= 0.6 is 0 Å². The topological polar surface area (TPSA) is 117 Å². The second kappa shape index (κ2) is 8.06. The molecule has 0 aliphatic carbocycles. The summed E-state index contributed by atoms with van der Waals surface area (Å²) in [6.45, 7) is 4.20. The van der Waals surface area contributed by atoms with Crippen molar-refractivity contribution in [3.05, 3.63) is 29.8 Å². The van der Waals surface area contributed by atoms with Crippen molar-refractivity contribution in [3.63, 3.8) is 0 Å². The number of aromatic hydroxyl groups is 1. The molecule has 0 radical (unpaired) electrons. The number of hydrogen-bond acceptors (Lipinski definition) is 8. The number of aliphatic hydroxyl groups excluding tert-OH is 1. The van der Waals surface area contributed by atoms with Crippen molar-refractivity contribution in [1.29, 1.82) is 0 Å². The molecule has 0 spiro atoms. The zero-order chi connectivity index (χ0) is 20.5. The molecule has 2 aliphatic heterocycles. The highest BCUT2D eigenvalue weighted by Gasteiger charge is 2.47. The van der Waals surface area contributed by atoms with Crippen LogP contribution in [0.15, 0.2) is 24.3 Å². The van der Waals surface area contributed by atoms with Gasteiger partial charge in [0.1, 0.15) is 17.4 Å². The monoisotopic (exact) mass is 393 g/mol. The van der Waals surface area contributed by atoms with Crippen molar-refractivity contribution in [3.8, 4) is 5.75 Å². The van der Waals surface area contributed by atoms with Crippen LogP contribution in [0.4, 0.5) is 0 Å². The molecular weight excluding hydrogens is 366 g/mol. The number of esters is 2. The predicted molar refractivity (Wildman–Crippen MR) is 98.7 cm³/mol. The standard InChI is InChI=1S/C20H27NO7/c1-12(22)20(2,26)19(25)27-11-13-7-9-21-10-8-16(17(13)21)28-18(24)14-5-3-4-6-15(14)23/h3-6,12-13,16-17,22-23,26H,7-11H2,1-2H3/t12-,13+,16+,17?,20-/m0/s1. The number of ether oxygens (including phenoxy) is 2. The summed E-state index contributed by atoms with van der Waals surface area (Å²) in [5.41, 5.74) is -1.85. The van der Waals surface area contributed by atoms with Gasteiger partial charge in [0.2, 0.25) is 0 Å². The molecule has 0 bridgehead atoms. The van der Waals surface area contributed by atoms with E-state index < -0.39 is 23.6 Å². The van der Waals surface area contributed by atoms with Gasteiger partial charge >= 0.3 is 11.9 Å². The van der Waals surface area contributed by atoms with Crippen molar-refractivity contribution in [2.45, 2.75) is 50.5 Å². The van der Waals surface area contributed by atoms with Crippen LogP contribution in [-0.2, 0) is 14.3 Å². The summed E-state index contributed by atoms with van der Waals surface area (Å²) in [5, 5.41) is 29.4. The fourth-order valence-electron chi connectivity index (χ4n) is 3.87. The maximum Gasteiger partial charge on any atom is 0.342 e. The SMILES string of the molecule is C[C@H](O)[C@](C)(O)C(=O)OC[C@H]1CCN2CC[C@@H](OC(=O)c3ccccc3O)C12. The van der Waals surface area contributed by atoms with Crippen molar-refractivity contribution in [2.75, 3.05) is 19.7 Å². The molecule has 2 aliphatic rings. The lowest BCUT2D eigenvalue weighted by atomic mass is 9.96. The first kappa shape index (κ1) is 20.6. The Labute approximate surface area is 163 Å². The van der Waals surface area contributed by atoms with E-state index in [4.69, 9.17) is 9.47 Å². The molecule has 0 aromatic heterocycles. The number of phenols is 1. The molecule has 154 valence electrons. The lowest BCUT2D eigenvalue weighted by Gasteiger charge is -2.28. The molecule has 1 aromatic carbocycles. The molecule has 0 saturated carbocycles. The van der Waals surface area contributed by atoms with Crippen LogP contribution < -0.4 is 0 Å². The summed E-state index contributed by atoms with van der Waals surface area (Å²) in [6, 6.07) is 6.15. The highest BCUT2D eigenvalue weighted by Crippen LogP contribution is 2.36. The Kier molecular flexibility index (Phi) is 5.92. The van der Waals surface area contributed by atoms with E-state index in [-0.39, 0.29) is 36.0 Å². The van der Waals surface area contributed by atoms with Crippen molar-refractivity contribution < 1.29 is 34.4 Å². The lowest BCUT2D eigenvalue weighted by molar-refractivity contribution is -0.175. The van der Waals surface area contributed by atoms with E-state index in [0.29, 0.717) is 6.42 Å². The maximum absolute atomic E-state index is 12.4. The third-order valence-electron chi connectivity index (χ3n) is 5.81. The Hall–Kier alpha value is -2.16. The number of benzene rings is 1. The normalized spacial score (nSPS) is 27.6. The van der Waals surface area contributed by atoms with E-state index in [1.165, 1.54) is 26.0 Å². The fourth-order valence-corrected chi connectivity index (χ4v) is 3.87. The molecule has 8 nitrogen and oxygen atoms in total. The summed E-state index contributed by atoms with van der Waals surface area (Å²) in [6.07, 6.45) is -0.173. The molecule has 28 heavy (non-hydrogen) atoms. The Morgan fingerprint density at radius 1 is 1.29 bits per heavy atom. The molecule has 0 amide bonds. The van der Waals surface area contributed by atoms with Gasteiger partial charge in [-0.05, 0) is 45.4 Å². The number of fused-ring (bicyclic) bond motifs is 1. The Morgan fingerprint density at radius 3 is 2.64 bits per heavy atom. The van der Waals surface area contributed by atoms with Gasteiger partial charge in [0, 0.05) is 12.5 Å². The number of phenolic OH excluding ortho intramolecular Hbond substituents is 1. The molecule has 2 heterocycles. The van der Waals surface area contributed by atoms with Crippen LogP contribution in [0.3, 0.4) is 0 Å². The van der Waals surface area contributed by atoms with Crippen LogP contribution in [0.5, 0.6) is 5.75 Å². The third kappa shape index (κ3) is 3.99. The fraction of sp³-hybridized carbons (Fsp3) is 0.600. The van der Waals surface area contributed by atoms with E-state index in [1.807, 2.05) is 0 Å². The third-order valence-corrected chi connectivity index (χ3v) is 5.81. The number of hydrogen-bond donors (Lipinski definition) is 3. The molecule has 2 saturated heterocycles. The first-order chi connectivity index (χ1) is 13.2. The number of aliphatic hydroxyl groups is 2. The molecule has 1 aromatic rings. The lowest BCUT2D eigenvalue weighted by Crippen LogP contribution is -2.47. The van der Waals surface area contributed by atoms with Crippen LogP contribution in [-0.4, -0.2) is 75.7 Å². The molecule has 3 N–H and O–H groups in total. The van der Waals surface area contributed by atoms with E-state index in [1.54, 1.807) is 12.1 Å². The second-order valence-corrected chi connectivity index (χ2v) is 7.75. The minimum Gasteiger partial charge on any atom is -0.507 e. The van der Waals surface area contributed by atoms with Crippen LogP contribution in [0, 0.1) is 5.92 Å². The van der Waals surface area contributed by atoms with Crippen molar-refractivity contribution >= 4 is 11.9 Å². The van der Waals surface area contributed by atoms with Gasteiger partial charge < -0.3 is 24.8 Å². The first-order valence-electron chi connectivity index (χ1n) is 9.52. The van der Waals surface area contributed by atoms with Gasteiger partial charge in [-0.25, -0.2) is 9.59 Å². The number of carbonyl (C=O) groups is 2. The van der Waals surface area contributed by atoms with Crippen LogP contribution in [0.1, 0.15) is 37.0 Å². The average Bonchev–Trinajstić information content (AvgIpc) is 3.23. The van der Waals surface area contributed by atoms with E-state index in [9.17, 15) is 24.9 Å². The van der Waals surface area contributed by atoms with Gasteiger partial charge in [-0.3, -0.25) is 4.90 Å². The highest BCUT2D eigenvalue weighted by atomic mass is 16.6. The summed E-state index contributed by atoms with van der Waals surface area (Å²) in [4.78, 5) is 26.7. The zero-order valence-electron chi connectivity index (χ0n) is 16.1. The van der Waals surface area contributed by atoms with Crippen molar-refractivity contribution in [1.82, 2.24) is 4.90 Å². The number of rotatable bonds is 6. The summed E-state index contributed by atoms with van der Waals surface area (Å²) < 4.78 is 10.9. The van der Waals surface area contributed by atoms with Crippen LogP contribution in [0.2, 0.25) is 0 Å². The minimum absolute atomic E-state index is 0.0431. The summed E-state index contributed by atoms with van der Waals surface area (Å²) in [7, 11) is 0. The van der Waals surface area contributed by atoms with Gasteiger partial charge in [-0.15, -0.1) is 0 Å². The van der Waals surface area contributed by atoms with Gasteiger partial charge in [-0.1, -0.05) is 12.1 Å². The largest absolute Gasteiger partial charge is 0.507 e. The number of nitrogens with zero attached hydrogens (tertiary/aromatic N) is 1. The summed E-state index contributed by atoms with van der Waals surface area (Å²) >= 11 is 0. The van der Waals surface area contributed by atoms with E-state index >= 15 is 0 Å². The summed E-state index contributed by atoms with van der Waals surface area (Å²) in [5.74, 6) is -1.62.